The van der Waals surface area contributed by atoms with Crippen molar-refractivity contribution in [3.05, 3.63) is 135 Å². The van der Waals surface area contributed by atoms with E-state index in [9.17, 15) is 23.2 Å². The molecule has 0 aliphatic carbocycles. The zero-order chi connectivity index (χ0) is 29.5. The molecular weight excluding hydrogens is 558 g/mol. The number of hydrogen-bond acceptors (Lipinski definition) is 6. The van der Waals surface area contributed by atoms with Gasteiger partial charge in [0, 0.05) is 17.7 Å². The summed E-state index contributed by atoms with van der Waals surface area (Å²) in [5, 5.41) is -0.103. The van der Waals surface area contributed by atoms with E-state index in [2.05, 4.69) is 0 Å². The number of nitrogens with zero attached hydrogens (tertiary/aromatic N) is 2. The van der Waals surface area contributed by atoms with Gasteiger partial charge in [-0.2, -0.15) is 0 Å². The van der Waals surface area contributed by atoms with Crippen molar-refractivity contribution in [3.63, 3.8) is 0 Å². The fourth-order valence-electron chi connectivity index (χ4n) is 6.36. The van der Waals surface area contributed by atoms with Crippen LogP contribution >= 0.6 is 0 Å². The molecule has 5 aromatic rings. The first-order valence-electron chi connectivity index (χ1n) is 13.5. The van der Waals surface area contributed by atoms with Gasteiger partial charge in [-0.25, -0.2) is 8.78 Å². The molecule has 3 aliphatic heterocycles. The Balaban J connectivity index is 1.39. The van der Waals surface area contributed by atoms with Gasteiger partial charge in [0.25, 0.3) is 11.8 Å². The lowest BCUT2D eigenvalue weighted by atomic mass is 9.83. The van der Waals surface area contributed by atoms with Gasteiger partial charge in [0.1, 0.15) is 17.2 Å². The molecule has 1 unspecified atom stereocenters. The van der Waals surface area contributed by atoms with Crippen molar-refractivity contribution in [2.24, 2.45) is 0 Å². The Kier molecular flexibility index (Phi) is 5.27. The van der Waals surface area contributed by atoms with Crippen LogP contribution in [0, 0.1) is 11.6 Å². The molecule has 212 valence electrons. The van der Waals surface area contributed by atoms with Gasteiger partial charge in [-0.15, -0.1) is 0 Å². The highest BCUT2D eigenvalue weighted by molar-refractivity contribution is 6.17. The summed E-state index contributed by atoms with van der Waals surface area (Å²) >= 11 is 0. The number of carbonyl (C=O) groups excluding carboxylic acids is 2. The average molecular weight is 579 g/mol. The molecular formula is C33H20F2N2O6. The molecule has 0 radical (unpaired) electrons. The maximum atomic E-state index is 14.9. The van der Waals surface area contributed by atoms with Crippen molar-refractivity contribution in [3.8, 4) is 11.5 Å². The Hall–Kier alpha value is -5.51. The van der Waals surface area contributed by atoms with Crippen molar-refractivity contribution in [1.82, 2.24) is 4.90 Å². The molecule has 10 heteroatoms. The second-order valence-electron chi connectivity index (χ2n) is 10.6. The summed E-state index contributed by atoms with van der Waals surface area (Å²) in [6, 6.07) is 21.4. The van der Waals surface area contributed by atoms with Crippen LogP contribution in [0.2, 0.25) is 0 Å². The molecule has 8 rings (SSSR count). The number of amides is 2. The van der Waals surface area contributed by atoms with E-state index in [-0.39, 0.29) is 47.7 Å². The van der Waals surface area contributed by atoms with Crippen molar-refractivity contribution in [2.75, 3.05) is 11.7 Å². The number of benzene rings is 4. The van der Waals surface area contributed by atoms with E-state index in [1.165, 1.54) is 21.9 Å². The molecule has 0 bridgehead atoms. The zero-order valence-corrected chi connectivity index (χ0v) is 22.3. The van der Waals surface area contributed by atoms with Crippen LogP contribution in [-0.4, -0.2) is 23.5 Å². The van der Waals surface area contributed by atoms with Gasteiger partial charge >= 0.3 is 0 Å². The Morgan fingerprint density at radius 2 is 1.60 bits per heavy atom. The fourth-order valence-corrected chi connectivity index (χ4v) is 6.36. The zero-order valence-electron chi connectivity index (χ0n) is 22.3. The van der Waals surface area contributed by atoms with Gasteiger partial charge in [0.15, 0.2) is 22.5 Å². The third kappa shape index (κ3) is 3.43. The quantitative estimate of drug-likeness (QED) is 0.290. The van der Waals surface area contributed by atoms with Crippen molar-refractivity contribution in [2.45, 2.75) is 18.6 Å². The van der Waals surface area contributed by atoms with E-state index in [4.69, 9.17) is 13.9 Å². The van der Waals surface area contributed by atoms with E-state index < -0.39 is 34.4 Å². The molecule has 8 nitrogen and oxygen atoms in total. The minimum atomic E-state index is -1.97. The maximum absolute atomic E-state index is 14.9. The van der Waals surface area contributed by atoms with Crippen LogP contribution in [0.15, 0.2) is 94.1 Å². The molecule has 4 aromatic carbocycles. The summed E-state index contributed by atoms with van der Waals surface area (Å²) in [5.41, 5.74) is -1.24. The number of fused-ring (bicyclic) bond motifs is 6. The first-order valence-corrected chi connectivity index (χ1v) is 13.5. The molecule has 0 saturated heterocycles. The number of ether oxygens (including phenoxy) is 2. The van der Waals surface area contributed by atoms with Gasteiger partial charge in [-0.1, -0.05) is 42.5 Å². The molecule has 3 aliphatic rings. The van der Waals surface area contributed by atoms with Crippen LogP contribution in [-0.2, 0) is 23.4 Å². The SMILES string of the molecule is O=C1c2oc3ccc(F)cc3c(=O)c2C2(C(=O)N(Cc3ccccc3F)c3ccccc32)N1Cc1ccc2c(c1)OCO2. The van der Waals surface area contributed by atoms with E-state index in [1.54, 1.807) is 60.7 Å². The molecule has 2 amide bonds. The van der Waals surface area contributed by atoms with Crippen molar-refractivity contribution in [1.29, 1.82) is 0 Å². The van der Waals surface area contributed by atoms with Gasteiger partial charge < -0.3 is 23.7 Å². The number of halogens is 2. The summed E-state index contributed by atoms with van der Waals surface area (Å²) < 4.78 is 46.1. The van der Waals surface area contributed by atoms with Crippen molar-refractivity contribution >= 4 is 28.5 Å². The lowest BCUT2D eigenvalue weighted by Gasteiger charge is -2.34. The van der Waals surface area contributed by atoms with Crippen LogP contribution in [0.25, 0.3) is 11.0 Å². The van der Waals surface area contributed by atoms with E-state index >= 15 is 0 Å². The highest BCUT2D eigenvalue weighted by Crippen LogP contribution is 2.53. The van der Waals surface area contributed by atoms with E-state index in [0.717, 1.165) is 12.1 Å². The number of carbonyl (C=O) groups is 2. The third-order valence-electron chi connectivity index (χ3n) is 8.26. The number of hydrogen-bond donors (Lipinski definition) is 0. The standard InChI is InChI=1S/C33H20F2N2O6/c34-20-10-12-25-21(14-20)29(38)28-30(43-25)31(39)37(15-18-9-11-26-27(13-18)42-17-41-26)33(28)22-6-2-4-8-24(22)36(32(33)40)16-19-5-1-3-7-23(19)35/h1-14H,15-17H2. The van der Waals surface area contributed by atoms with E-state index in [1.807, 2.05) is 0 Å². The van der Waals surface area contributed by atoms with Gasteiger partial charge in [0.05, 0.1) is 23.2 Å². The second kappa shape index (κ2) is 8.99. The second-order valence-corrected chi connectivity index (χ2v) is 10.6. The molecule has 4 heterocycles. The fraction of sp³-hybridized carbons (Fsp3) is 0.121. The molecule has 0 fully saturated rings. The minimum Gasteiger partial charge on any atom is -0.454 e. The van der Waals surface area contributed by atoms with Crippen LogP contribution < -0.4 is 19.8 Å². The highest BCUT2D eigenvalue weighted by Gasteiger charge is 2.65. The molecule has 1 aromatic heterocycles. The topological polar surface area (TPSA) is 89.3 Å². The van der Waals surface area contributed by atoms with Gasteiger partial charge in [0.2, 0.25) is 12.6 Å². The predicted molar refractivity (Wildman–Crippen MR) is 150 cm³/mol. The van der Waals surface area contributed by atoms with Crippen LogP contribution in [0.1, 0.15) is 32.8 Å². The Morgan fingerprint density at radius 3 is 2.47 bits per heavy atom. The van der Waals surface area contributed by atoms with Crippen molar-refractivity contribution < 1.29 is 32.3 Å². The molecule has 0 saturated carbocycles. The van der Waals surface area contributed by atoms with Gasteiger partial charge in [-0.3, -0.25) is 14.4 Å². The monoisotopic (exact) mass is 578 g/mol. The minimum absolute atomic E-state index is 0.0144. The number of rotatable bonds is 4. The number of para-hydroxylation sites is 1. The highest BCUT2D eigenvalue weighted by atomic mass is 19.1. The summed E-state index contributed by atoms with van der Waals surface area (Å²) in [6.07, 6.45) is 0. The first kappa shape index (κ1) is 25.2. The number of anilines is 1. The molecule has 0 N–H and O–H groups in total. The Morgan fingerprint density at radius 1 is 0.814 bits per heavy atom. The lowest BCUT2D eigenvalue weighted by Crippen LogP contribution is -2.53. The summed E-state index contributed by atoms with van der Waals surface area (Å²) in [6.45, 7) is -0.216. The largest absolute Gasteiger partial charge is 0.454 e. The van der Waals surface area contributed by atoms with Gasteiger partial charge in [-0.05, 0) is 48.0 Å². The molecule has 1 atom stereocenters. The average Bonchev–Trinajstić information content (AvgIpc) is 3.65. The Bertz CT molecular complexity index is 2090. The smallest absolute Gasteiger partial charge is 0.291 e. The first-order chi connectivity index (χ1) is 20.9. The third-order valence-corrected chi connectivity index (χ3v) is 8.26. The normalized spacial score (nSPS) is 18.2. The van der Waals surface area contributed by atoms with Crippen LogP contribution in [0.3, 0.4) is 0 Å². The molecule has 1 spiro atoms. The van der Waals surface area contributed by atoms with E-state index in [0.29, 0.717) is 28.3 Å². The van der Waals surface area contributed by atoms with Crippen LogP contribution in [0.4, 0.5) is 14.5 Å². The molecule has 43 heavy (non-hydrogen) atoms. The lowest BCUT2D eigenvalue weighted by molar-refractivity contribution is -0.126. The summed E-state index contributed by atoms with van der Waals surface area (Å²) in [5.74, 6) is -1.78. The summed E-state index contributed by atoms with van der Waals surface area (Å²) in [7, 11) is 0. The predicted octanol–water partition coefficient (Wildman–Crippen LogP) is 5.25. The maximum Gasteiger partial charge on any atom is 0.291 e. The van der Waals surface area contributed by atoms with Crippen LogP contribution in [0.5, 0.6) is 11.5 Å². The summed E-state index contributed by atoms with van der Waals surface area (Å²) in [4.78, 5) is 46.0. The Labute approximate surface area is 242 Å².